The Morgan fingerprint density at radius 2 is 1.83 bits per heavy atom. The average Bonchev–Trinajstić information content (AvgIpc) is 2.29. The van der Waals surface area contributed by atoms with Crippen LogP contribution in [0.3, 0.4) is 0 Å². The van der Waals surface area contributed by atoms with Crippen molar-refractivity contribution in [3.8, 4) is 0 Å². The third-order valence-electron chi connectivity index (χ3n) is 3.22. The molecule has 1 aromatic rings. The second-order valence-electron chi connectivity index (χ2n) is 6.16. The molecule has 0 spiro atoms. The molecule has 2 nitrogen and oxygen atoms in total. The molecular formula is C15H25NOS. The lowest BCUT2D eigenvalue weighted by molar-refractivity contribution is 0.358. The first-order valence-electron chi connectivity index (χ1n) is 6.93. The summed E-state index contributed by atoms with van der Waals surface area (Å²) in [6.45, 7) is 9.62. The van der Waals surface area contributed by atoms with Gasteiger partial charge in [0.25, 0.3) is 0 Å². The van der Waals surface area contributed by atoms with E-state index in [0.29, 0.717) is 9.93 Å². The van der Waals surface area contributed by atoms with Gasteiger partial charge in [-0.15, -0.1) is 0 Å². The molecule has 0 radical (unpaired) electrons. The van der Waals surface area contributed by atoms with Crippen molar-refractivity contribution in [2.75, 3.05) is 11.9 Å². The largest absolute Gasteiger partial charge is 0.382 e. The highest BCUT2D eigenvalue weighted by molar-refractivity contribution is 7.71. The van der Waals surface area contributed by atoms with E-state index in [0.717, 1.165) is 30.6 Å². The summed E-state index contributed by atoms with van der Waals surface area (Å²) in [7, 11) is 0. The zero-order valence-corrected chi connectivity index (χ0v) is 12.9. The molecule has 102 valence electrons. The van der Waals surface area contributed by atoms with Gasteiger partial charge in [0.1, 0.15) is 0 Å². The molecule has 1 rings (SSSR count). The number of nitrogens with one attached hydrogen (secondary N) is 1. The van der Waals surface area contributed by atoms with Crippen LogP contribution in [0.1, 0.15) is 58.9 Å². The summed E-state index contributed by atoms with van der Waals surface area (Å²) in [5, 5.41) is 3.12. The highest BCUT2D eigenvalue weighted by Crippen LogP contribution is 2.23. The molecule has 0 saturated heterocycles. The van der Waals surface area contributed by atoms with Gasteiger partial charge in [0, 0.05) is 12.1 Å². The van der Waals surface area contributed by atoms with Gasteiger partial charge in [-0.3, -0.25) is 4.79 Å². The van der Waals surface area contributed by atoms with Gasteiger partial charge in [-0.2, -0.15) is 0 Å². The van der Waals surface area contributed by atoms with Crippen LogP contribution in [0.2, 0.25) is 0 Å². The minimum absolute atomic E-state index is 0.0385. The lowest BCUT2D eigenvalue weighted by Crippen LogP contribution is -2.21. The number of unbranched alkanes of at least 4 members (excludes halogenated alkanes) is 2. The molecular weight excluding hydrogens is 242 g/mol. The fourth-order valence-corrected chi connectivity index (χ4v) is 2.48. The van der Waals surface area contributed by atoms with Gasteiger partial charge in [0.2, 0.25) is 5.43 Å². The Bertz CT molecular complexity index is 450. The van der Waals surface area contributed by atoms with E-state index < -0.39 is 0 Å². The van der Waals surface area contributed by atoms with Crippen LogP contribution in [0, 0.1) is 9.93 Å². The van der Waals surface area contributed by atoms with Crippen LogP contribution in [0.15, 0.2) is 4.79 Å². The smallest absolute Gasteiger partial charge is 0.220 e. The molecule has 1 N–H and O–H groups in total. The molecule has 0 aliphatic carbocycles. The highest BCUT2D eigenvalue weighted by Gasteiger charge is 2.16. The van der Waals surface area contributed by atoms with Crippen LogP contribution < -0.4 is 10.7 Å². The van der Waals surface area contributed by atoms with Crippen molar-refractivity contribution in [2.24, 2.45) is 5.41 Å². The van der Waals surface area contributed by atoms with Gasteiger partial charge >= 0.3 is 0 Å². The minimum Gasteiger partial charge on any atom is -0.382 e. The standard InChI is InChI=1S/C15H25NOS/c1-5-16-12-11(14(18)13(12)17)9-7-6-8-10-15(2,3)4/h16H,5-10H2,1-4H3. The van der Waals surface area contributed by atoms with Crippen molar-refractivity contribution in [1.29, 1.82) is 0 Å². The monoisotopic (exact) mass is 267 g/mol. The van der Waals surface area contributed by atoms with Gasteiger partial charge in [0.15, 0.2) is 0 Å². The van der Waals surface area contributed by atoms with Crippen LogP contribution in [0.5, 0.6) is 0 Å². The predicted octanol–water partition coefficient (Wildman–Crippen LogP) is 4.23. The first-order valence-corrected chi connectivity index (χ1v) is 7.33. The van der Waals surface area contributed by atoms with E-state index in [2.05, 4.69) is 26.1 Å². The lowest BCUT2D eigenvalue weighted by atomic mass is 9.89. The average molecular weight is 267 g/mol. The third-order valence-corrected chi connectivity index (χ3v) is 3.65. The lowest BCUT2D eigenvalue weighted by Gasteiger charge is -2.18. The molecule has 0 saturated carbocycles. The van der Waals surface area contributed by atoms with Crippen LogP contribution in [-0.2, 0) is 6.42 Å². The summed E-state index contributed by atoms with van der Waals surface area (Å²) in [5.41, 5.74) is 2.33. The molecule has 0 aromatic heterocycles. The van der Waals surface area contributed by atoms with Crippen molar-refractivity contribution < 1.29 is 0 Å². The van der Waals surface area contributed by atoms with Gasteiger partial charge in [-0.05, 0) is 31.6 Å². The van der Waals surface area contributed by atoms with Crippen molar-refractivity contribution in [3.05, 3.63) is 20.3 Å². The number of rotatable bonds is 7. The summed E-state index contributed by atoms with van der Waals surface area (Å²) in [4.78, 5) is 11.5. The molecule has 18 heavy (non-hydrogen) atoms. The van der Waals surface area contributed by atoms with E-state index in [1.807, 2.05) is 6.92 Å². The molecule has 3 heteroatoms. The molecule has 0 unspecified atom stereocenters. The Hall–Kier alpha value is -0.700. The van der Waals surface area contributed by atoms with Crippen LogP contribution in [-0.4, -0.2) is 6.54 Å². The third kappa shape index (κ3) is 4.20. The van der Waals surface area contributed by atoms with Crippen molar-refractivity contribution >= 4 is 17.9 Å². The fourth-order valence-electron chi connectivity index (χ4n) is 2.17. The second kappa shape index (κ2) is 6.46. The first kappa shape index (κ1) is 15.4. The van der Waals surface area contributed by atoms with Gasteiger partial charge < -0.3 is 5.32 Å². The Labute approximate surface area is 115 Å². The Morgan fingerprint density at radius 3 is 2.39 bits per heavy atom. The number of hydrogen-bond acceptors (Lipinski definition) is 3. The maximum Gasteiger partial charge on any atom is 0.220 e. The van der Waals surface area contributed by atoms with E-state index in [9.17, 15) is 4.79 Å². The molecule has 0 heterocycles. The minimum atomic E-state index is 0.0385. The van der Waals surface area contributed by atoms with Crippen molar-refractivity contribution in [2.45, 2.75) is 59.8 Å². The molecule has 0 amide bonds. The molecule has 0 bridgehead atoms. The Balaban J connectivity index is 2.34. The zero-order chi connectivity index (χ0) is 13.8. The SMILES string of the molecule is CCNc1c(CCCCCC(C)(C)C)c(=S)c1=O. The number of hydrogen-bond donors (Lipinski definition) is 1. The molecule has 1 aromatic carbocycles. The quantitative estimate of drug-likeness (QED) is 0.592. The van der Waals surface area contributed by atoms with E-state index in [4.69, 9.17) is 12.2 Å². The van der Waals surface area contributed by atoms with Crippen molar-refractivity contribution in [1.82, 2.24) is 0 Å². The molecule has 0 aliphatic heterocycles. The summed E-state index contributed by atoms with van der Waals surface area (Å²) in [6.07, 6.45) is 5.82. The number of anilines is 1. The second-order valence-corrected chi connectivity index (χ2v) is 6.57. The maximum atomic E-state index is 11.5. The van der Waals surface area contributed by atoms with E-state index in [-0.39, 0.29) is 5.43 Å². The van der Waals surface area contributed by atoms with Crippen molar-refractivity contribution in [3.63, 3.8) is 0 Å². The Kier molecular flexibility index (Phi) is 5.51. The molecule has 0 aliphatic rings. The molecule has 0 atom stereocenters. The van der Waals surface area contributed by atoms with Gasteiger partial charge in [-0.25, -0.2) is 0 Å². The van der Waals surface area contributed by atoms with E-state index in [1.54, 1.807) is 0 Å². The normalized spacial score (nSPS) is 12.0. The topological polar surface area (TPSA) is 29.1 Å². The first-order chi connectivity index (χ1) is 8.37. The van der Waals surface area contributed by atoms with Gasteiger partial charge in [-0.1, -0.05) is 45.8 Å². The Morgan fingerprint density at radius 1 is 1.17 bits per heavy atom. The predicted molar refractivity (Wildman–Crippen MR) is 81.7 cm³/mol. The maximum absolute atomic E-state index is 11.5. The van der Waals surface area contributed by atoms with E-state index >= 15 is 0 Å². The van der Waals surface area contributed by atoms with Crippen LogP contribution in [0.25, 0.3) is 0 Å². The summed E-state index contributed by atoms with van der Waals surface area (Å²) < 4.78 is 0.557. The summed E-state index contributed by atoms with van der Waals surface area (Å²) in [6, 6.07) is 0. The summed E-state index contributed by atoms with van der Waals surface area (Å²) in [5.74, 6) is 0. The van der Waals surface area contributed by atoms with Gasteiger partial charge in [0.05, 0.1) is 10.2 Å². The van der Waals surface area contributed by atoms with Crippen LogP contribution >= 0.6 is 12.2 Å². The fraction of sp³-hybridized carbons (Fsp3) is 0.733. The molecule has 0 fully saturated rings. The highest BCUT2D eigenvalue weighted by atomic mass is 32.1. The van der Waals surface area contributed by atoms with E-state index in [1.165, 1.54) is 19.3 Å². The van der Waals surface area contributed by atoms with Crippen LogP contribution in [0.4, 0.5) is 5.69 Å². The zero-order valence-electron chi connectivity index (χ0n) is 12.1. The summed E-state index contributed by atoms with van der Waals surface area (Å²) >= 11 is 5.11.